The molecule has 292 valence electrons. The van der Waals surface area contributed by atoms with Gasteiger partial charge in [0.25, 0.3) is 7.82 Å². The standard InChI is InChI=1S/C38H75O10P/c1-4-6-8-10-12-14-16-18-20-22-24-26-28-30-36(41)46-34(3)38(48-49(43,44)45-33-35(40)32-39)47-37(42)31-29-27-25-23-21-19-17-15-13-11-9-7-5-2/h34-35,38-40H,4-33H2,1-3H3,(H,43,44)/p-1/t34?,35-,38-/m1/s1. The number of esters is 2. The molecule has 4 atom stereocenters. The smallest absolute Gasteiger partial charge is 0.308 e. The number of hydrogen-bond donors (Lipinski definition) is 2. The molecule has 0 saturated carbocycles. The van der Waals surface area contributed by atoms with Crippen molar-refractivity contribution in [2.75, 3.05) is 13.2 Å². The van der Waals surface area contributed by atoms with E-state index in [0.717, 1.165) is 38.5 Å². The van der Waals surface area contributed by atoms with E-state index in [0.29, 0.717) is 12.8 Å². The van der Waals surface area contributed by atoms with Gasteiger partial charge in [-0.05, 0) is 19.8 Å². The normalized spacial score (nSPS) is 14.7. The fraction of sp³-hybridized carbons (Fsp3) is 0.947. The van der Waals surface area contributed by atoms with Gasteiger partial charge in [-0.3, -0.25) is 18.7 Å². The first-order chi connectivity index (χ1) is 23.6. The van der Waals surface area contributed by atoms with Crippen molar-refractivity contribution >= 4 is 19.8 Å². The van der Waals surface area contributed by atoms with Gasteiger partial charge in [0.05, 0.1) is 13.2 Å². The second-order valence-electron chi connectivity index (χ2n) is 13.7. The van der Waals surface area contributed by atoms with Gasteiger partial charge in [-0.1, -0.05) is 168 Å². The predicted octanol–water partition coefficient (Wildman–Crippen LogP) is 9.60. The molecule has 2 unspecified atom stereocenters. The van der Waals surface area contributed by atoms with Gasteiger partial charge in [-0.2, -0.15) is 0 Å². The molecule has 0 spiro atoms. The van der Waals surface area contributed by atoms with E-state index in [2.05, 4.69) is 18.4 Å². The number of phosphoric acid groups is 1. The van der Waals surface area contributed by atoms with E-state index in [1.807, 2.05) is 0 Å². The molecule has 0 rings (SSSR count). The van der Waals surface area contributed by atoms with Crippen molar-refractivity contribution in [1.82, 2.24) is 0 Å². The summed E-state index contributed by atoms with van der Waals surface area (Å²) >= 11 is 0. The zero-order chi connectivity index (χ0) is 36.4. The summed E-state index contributed by atoms with van der Waals surface area (Å²) in [5.74, 6) is -1.20. The van der Waals surface area contributed by atoms with Crippen LogP contribution in [0.2, 0.25) is 0 Å². The van der Waals surface area contributed by atoms with Gasteiger partial charge >= 0.3 is 11.9 Å². The van der Waals surface area contributed by atoms with Gasteiger partial charge in [0.15, 0.2) is 6.10 Å². The molecule has 0 aromatic carbocycles. The minimum Gasteiger partial charge on any atom is -0.756 e. The third kappa shape index (κ3) is 32.6. The van der Waals surface area contributed by atoms with Crippen LogP contribution in [0.25, 0.3) is 0 Å². The Balaban J connectivity index is 4.44. The highest BCUT2D eigenvalue weighted by molar-refractivity contribution is 7.45. The molecular formula is C38H74O10P-. The quantitative estimate of drug-likeness (QED) is 0.0275. The molecule has 49 heavy (non-hydrogen) atoms. The van der Waals surface area contributed by atoms with Gasteiger partial charge in [0.2, 0.25) is 6.29 Å². The number of carbonyl (C=O) groups is 2. The van der Waals surface area contributed by atoms with Crippen molar-refractivity contribution < 1.29 is 47.8 Å². The first kappa shape index (κ1) is 48.0. The SMILES string of the molecule is CCCCCCCCCCCCCCCC(=O)OC(C)[C@H](OC(=O)CCCCCCCCCCCCCCC)OP(=O)([O-])OC[C@H](O)CO. The van der Waals surface area contributed by atoms with Crippen LogP contribution in [-0.2, 0) is 32.7 Å². The fourth-order valence-electron chi connectivity index (χ4n) is 5.68. The van der Waals surface area contributed by atoms with E-state index in [4.69, 9.17) is 19.1 Å². The highest BCUT2D eigenvalue weighted by Gasteiger charge is 2.30. The number of ether oxygens (including phenoxy) is 2. The van der Waals surface area contributed by atoms with Gasteiger partial charge in [-0.25, -0.2) is 0 Å². The summed E-state index contributed by atoms with van der Waals surface area (Å²) in [6.07, 6.45) is 26.4. The zero-order valence-electron chi connectivity index (χ0n) is 31.6. The molecule has 0 radical (unpaired) electrons. The number of hydrogen-bond acceptors (Lipinski definition) is 10. The van der Waals surface area contributed by atoms with Crippen molar-refractivity contribution in [2.45, 2.75) is 219 Å². The maximum absolute atomic E-state index is 12.6. The van der Waals surface area contributed by atoms with Crippen molar-refractivity contribution in [2.24, 2.45) is 0 Å². The van der Waals surface area contributed by atoms with Crippen molar-refractivity contribution in [1.29, 1.82) is 0 Å². The highest BCUT2D eigenvalue weighted by Crippen LogP contribution is 2.41. The van der Waals surface area contributed by atoms with E-state index in [1.165, 1.54) is 122 Å². The van der Waals surface area contributed by atoms with E-state index < -0.39 is 51.5 Å². The van der Waals surface area contributed by atoms with Gasteiger partial charge in [0.1, 0.15) is 6.10 Å². The van der Waals surface area contributed by atoms with Crippen molar-refractivity contribution in [3.8, 4) is 0 Å². The third-order valence-electron chi connectivity index (χ3n) is 8.79. The van der Waals surface area contributed by atoms with Crippen molar-refractivity contribution in [3.63, 3.8) is 0 Å². The molecule has 11 heteroatoms. The molecule has 0 bridgehead atoms. The highest BCUT2D eigenvalue weighted by atomic mass is 31.2. The lowest BCUT2D eigenvalue weighted by molar-refractivity contribution is -0.254. The van der Waals surface area contributed by atoms with Crippen LogP contribution < -0.4 is 4.89 Å². The predicted molar refractivity (Wildman–Crippen MR) is 194 cm³/mol. The Morgan fingerprint density at radius 3 is 1.27 bits per heavy atom. The summed E-state index contributed by atoms with van der Waals surface area (Å²) in [4.78, 5) is 37.5. The molecule has 0 aromatic rings. The molecule has 0 aliphatic carbocycles. The molecule has 0 fully saturated rings. The number of phosphoric ester groups is 1. The lowest BCUT2D eigenvalue weighted by Crippen LogP contribution is -2.36. The summed E-state index contributed by atoms with van der Waals surface area (Å²) in [5.41, 5.74) is 0. The van der Waals surface area contributed by atoms with E-state index in [9.17, 15) is 24.2 Å². The van der Waals surface area contributed by atoms with Crippen LogP contribution in [0.3, 0.4) is 0 Å². The number of aliphatic hydroxyl groups excluding tert-OH is 2. The lowest BCUT2D eigenvalue weighted by atomic mass is 10.0. The number of rotatable bonds is 37. The lowest BCUT2D eigenvalue weighted by Gasteiger charge is -2.31. The second-order valence-corrected chi connectivity index (χ2v) is 15.1. The Labute approximate surface area is 299 Å². The maximum atomic E-state index is 12.6. The van der Waals surface area contributed by atoms with Crippen LogP contribution in [0.15, 0.2) is 0 Å². The minimum atomic E-state index is -5.07. The molecule has 0 heterocycles. The van der Waals surface area contributed by atoms with Crippen LogP contribution in [-0.4, -0.2) is 53.9 Å². The molecular weight excluding hydrogens is 647 g/mol. The van der Waals surface area contributed by atoms with E-state index >= 15 is 0 Å². The number of unbranched alkanes of at least 4 members (excludes halogenated alkanes) is 24. The van der Waals surface area contributed by atoms with Crippen LogP contribution in [0.4, 0.5) is 0 Å². The second kappa shape index (κ2) is 34.1. The molecule has 0 aliphatic rings. The minimum absolute atomic E-state index is 0.0739. The van der Waals surface area contributed by atoms with Gasteiger partial charge in [0, 0.05) is 12.8 Å². The summed E-state index contributed by atoms with van der Waals surface area (Å²) in [6, 6.07) is 0. The number of aliphatic hydroxyl groups is 2. The molecule has 0 aromatic heterocycles. The monoisotopic (exact) mass is 722 g/mol. The molecule has 10 nitrogen and oxygen atoms in total. The molecule has 0 saturated heterocycles. The maximum Gasteiger partial charge on any atom is 0.308 e. The molecule has 2 N–H and O–H groups in total. The first-order valence-corrected chi connectivity index (χ1v) is 21.4. The summed E-state index contributed by atoms with van der Waals surface area (Å²) < 4.78 is 32.7. The fourth-order valence-corrected chi connectivity index (χ4v) is 6.56. The van der Waals surface area contributed by atoms with Gasteiger partial charge < -0.3 is 29.1 Å². The Morgan fingerprint density at radius 2 is 0.918 bits per heavy atom. The number of carbonyl (C=O) groups excluding carboxylic acids is 2. The Morgan fingerprint density at radius 1 is 0.592 bits per heavy atom. The van der Waals surface area contributed by atoms with Gasteiger partial charge in [-0.15, -0.1) is 0 Å². The zero-order valence-corrected chi connectivity index (χ0v) is 32.4. The first-order valence-electron chi connectivity index (χ1n) is 20.0. The van der Waals surface area contributed by atoms with E-state index in [-0.39, 0.29) is 12.8 Å². The summed E-state index contributed by atoms with van der Waals surface area (Å²) in [7, 11) is -5.07. The van der Waals surface area contributed by atoms with Crippen LogP contribution in [0.1, 0.15) is 201 Å². The van der Waals surface area contributed by atoms with Crippen LogP contribution in [0.5, 0.6) is 0 Å². The molecule has 0 aliphatic heterocycles. The summed E-state index contributed by atoms with van der Waals surface area (Å²) in [5, 5.41) is 18.4. The van der Waals surface area contributed by atoms with E-state index in [1.54, 1.807) is 0 Å². The average molecular weight is 722 g/mol. The van der Waals surface area contributed by atoms with Crippen LogP contribution in [0, 0.1) is 0 Å². The molecule has 0 amide bonds. The largest absolute Gasteiger partial charge is 0.756 e. The Kier molecular flexibility index (Phi) is 33.4. The van der Waals surface area contributed by atoms with Crippen LogP contribution >= 0.6 is 7.82 Å². The van der Waals surface area contributed by atoms with Crippen molar-refractivity contribution in [3.05, 3.63) is 0 Å². The average Bonchev–Trinajstić information content (AvgIpc) is 3.07. The topological polar surface area (TPSA) is 152 Å². The third-order valence-corrected chi connectivity index (χ3v) is 9.72. The summed E-state index contributed by atoms with van der Waals surface area (Å²) in [6.45, 7) is 4.43. The Bertz CT molecular complexity index is 811. The Hall–Kier alpha value is -1.03.